The van der Waals surface area contributed by atoms with Crippen LogP contribution >= 0.6 is 0 Å². The number of nitro benzene ring substituents is 1. The number of hydrogen-bond acceptors (Lipinski definition) is 5. The smallest absolute Gasteiger partial charge is 0.324 e. The van der Waals surface area contributed by atoms with Crippen molar-refractivity contribution in [3.63, 3.8) is 0 Å². The Balaban J connectivity index is 1.81. The summed E-state index contributed by atoms with van der Waals surface area (Å²) in [5, 5.41) is 17.2. The summed E-state index contributed by atoms with van der Waals surface area (Å²) >= 11 is 0. The van der Waals surface area contributed by atoms with Crippen molar-refractivity contribution < 1.29 is 22.9 Å². The number of rotatable bonds is 5. The first kappa shape index (κ1) is 20.7. The topological polar surface area (TPSA) is 107 Å². The average molecular weight is 418 g/mol. The van der Waals surface area contributed by atoms with Gasteiger partial charge in [-0.1, -0.05) is 18.2 Å². The molecule has 30 heavy (non-hydrogen) atoms. The molecule has 1 aromatic heterocycles. The van der Waals surface area contributed by atoms with Crippen LogP contribution in [0.5, 0.6) is 0 Å². The van der Waals surface area contributed by atoms with E-state index in [1.165, 1.54) is 30.3 Å². The van der Waals surface area contributed by atoms with E-state index in [0.29, 0.717) is 5.56 Å². The molecular weight excluding hydrogens is 405 g/mol. The summed E-state index contributed by atoms with van der Waals surface area (Å²) in [4.78, 5) is 34.6. The van der Waals surface area contributed by atoms with Gasteiger partial charge in [0.15, 0.2) is 0 Å². The van der Waals surface area contributed by atoms with E-state index in [0.717, 1.165) is 28.9 Å². The predicted molar refractivity (Wildman–Crippen MR) is 101 cm³/mol. The predicted octanol–water partition coefficient (Wildman–Crippen LogP) is 3.48. The Morgan fingerprint density at radius 1 is 1.10 bits per heavy atom. The number of hydrogen-bond donors (Lipinski definition) is 1. The van der Waals surface area contributed by atoms with Crippen molar-refractivity contribution in [1.82, 2.24) is 9.78 Å². The quantitative estimate of drug-likeness (QED) is 0.504. The molecule has 0 spiro atoms. The van der Waals surface area contributed by atoms with E-state index >= 15 is 0 Å². The Morgan fingerprint density at radius 3 is 2.53 bits per heavy atom. The molecule has 2 aromatic carbocycles. The molecule has 0 fully saturated rings. The van der Waals surface area contributed by atoms with Gasteiger partial charge in [0.05, 0.1) is 16.2 Å². The number of anilines is 1. The van der Waals surface area contributed by atoms with Gasteiger partial charge in [0.1, 0.15) is 6.54 Å². The van der Waals surface area contributed by atoms with Crippen molar-refractivity contribution in [2.75, 3.05) is 5.32 Å². The fourth-order valence-corrected chi connectivity index (χ4v) is 2.60. The molecule has 1 heterocycles. The van der Waals surface area contributed by atoms with E-state index < -0.39 is 34.7 Å². The Bertz CT molecular complexity index is 1170. The van der Waals surface area contributed by atoms with Crippen LogP contribution in [0.2, 0.25) is 0 Å². The number of benzene rings is 2. The minimum absolute atomic E-state index is 0.0855. The van der Waals surface area contributed by atoms with Gasteiger partial charge in [-0.2, -0.15) is 18.3 Å². The second kappa shape index (κ2) is 8.15. The van der Waals surface area contributed by atoms with Gasteiger partial charge in [-0.3, -0.25) is 19.7 Å². The molecule has 11 heteroatoms. The minimum Gasteiger partial charge on any atom is -0.324 e. The van der Waals surface area contributed by atoms with Crippen molar-refractivity contribution in [2.45, 2.75) is 12.7 Å². The van der Waals surface area contributed by atoms with Gasteiger partial charge in [-0.25, -0.2) is 4.68 Å². The minimum atomic E-state index is -4.56. The van der Waals surface area contributed by atoms with Crippen LogP contribution in [-0.2, 0) is 17.5 Å². The highest BCUT2D eigenvalue weighted by Crippen LogP contribution is 2.30. The molecule has 0 saturated carbocycles. The summed E-state index contributed by atoms with van der Waals surface area (Å²) in [7, 11) is 0. The van der Waals surface area contributed by atoms with Crippen molar-refractivity contribution in [1.29, 1.82) is 0 Å². The van der Waals surface area contributed by atoms with E-state index in [1.807, 2.05) is 0 Å². The number of amides is 1. The van der Waals surface area contributed by atoms with Crippen molar-refractivity contribution in [3.8, 4) is 11.3 Å². The second-order valence-electron chi connectivity index (χ2n) is 6.15. The maximum atomic E-state index is 12.8. The van der Waals surface area contributed by atoms with Gasteiger partial charge >= 0.3 is 6.18 Å². The van der Waals surface area contributed by atoms with Crippen LogP contribution in [-0.4, -0.2) is 20.6 Å². The summed E-state index contributed by atoms with van der Waals surface area (Å²) in [5.41, 5.74) is -1.24. The van der Waals surface area contributed by atoms with Crippen molar-refractivity contribution >= 4 is 17.3 Å². The van der Waals surface area contributed by atoms with Crippen LogP contribution in [0.15, 0.2) is 65.5 Å². The summed E-state index contributed by atoms with van der Waals surface area (Å²) in [6.07, 6.45) is -4.56. The first-order valence-corrected chi connectivity index (χ1v) is 8.43. The zero-order valence-electron chi connectivity index (χ0n) is 15.1. The summed E-state index contributed by atoms with van der Waals surface area (Å²) < 4.78 is 39.2. The van der Waals surface area contributed by atoms with Crippen molar-refractivity contribution in [3.05, 3.63) is 86.7 Å². The van der Waals surface area contributed by atoms with E-state index in [1.54, 1.807) is 6.07 Å². The second-order valence-corrected chi connectivity index (χ2v) is 6.15. The largest absolute Gasteiger partial charge is 0.416 e. The standard InChI is InChI=1S/C19H13F3N4O4/c20-19(21,22)13-4-2-5-14(10-13)23-17(27)11-25-18(28)8-7-16(24-25)12-3-1-6-15(9-12)26(29)30/h1-10H,11H2,(H,23,27). The van der Waals surface area contributed by atoms with Crippen LogP contribution in [0.4, 0.5) is 24.5 Å². The number of carbonyl (C=O) groups excluding carboxylic acids is 1. The molecule has 0 atom stereocenters. The Kier molecular flexibility index (Phi) is 5.63. The van der Waals surface area contributed by atoms with Crippen LogP contribution in [0.25, 0.3) is 11.3 Å². The summed E-state index contributed by atoms with van der Waals surface area (Å²) in [6, 6.07) is 12.1. The Hall–Kier alpha value is -4.02. The fraction of sp³-hybridized carbons (Fsp3) is 0.105. The molecule has 0 unspecified atom stereocenters. The van der Waals surface area contributed by atoms with Crippen LogP contribution in [0, 0.1) is 10.1 Å². The highest BCUT2D eigenvalue weighted by molar-refractivity contribution is 5.90. The molecule has 0 aliphatic rings. The molecule has 0 bridgehead atoms. The number of non-ortho nitro benzene ring substituents is 1. The molecule has 0 aliphatic carbocycles. The monoisotopic (exact) mass is 418 g/mol. The lowest BCUT2D eigenvalue weighted by atomic mass is 10.1. The molecule has 1 N–H and O–H groups in total. The number of nitrogens with zero attached hydrogens (tertiary/aromatic N) is 3. The molecule has 0 radical (unpaired) electrons. The lowest BCUT2D eigenvalue weighted by Crippen LogP contribution is -2.29. The van der Waals surface area contributed by atoms with E-state index in [-0.39, 0.29) is 17.1 Å². The molecule has 154 valence electrons. The van der Waals surface area contributed by atoms with Gasteiger partial charge in [-0.05, 0) is 24.3 Å². The number of aromatic nitrogens is 2. The van der Waals surface area contributed by atoms with E-state index in [2.05, 4.69) is 10.4 Å². The van der Waals surface area contributed by atoms with Crippen LogP contribution < -0.4 is 10.9 Å². The normalized spacial score (nSPS) is 11.2. The fourth-order valence-electron chi connectivity index (χ4n) is 2.60. The highest BCUT2D eigenvalue weighted by Gasteiger charge is 2.30. The lowest BCUT2D eigenvalue weighted by Gasteiger charge is -2.11. The molecule has 0 saturated heterocycles. The molecule has 0 aliphatic heterocycles. The van der Waals surface area contributed by atoms with Crippen LogP contribution in [0.3, 0.4) is 0 Å². The van der Waals surface area contributed by atoms with E-state index in [9.17, 15) is 32.9 Å². The average Bonchev–Trinajstić information content (AvgIpc) is 2.69. The first-order chi connectivity index (χ1) is 14.1. The Labute approximate surface area is 166 Å². The van der Waals surface area contributed by atoms with Crippen LogP contribution in [0.1, 0.15) is 5.56 Å². The molecule has 1 amide bonds. The third-order valence-electron chi connectivity index (χ3n) is 3.99. The van der Waals surface area contributed by atoms with Gasteiger partial charge in [0.25, 0.3) is 11.2 Å². The number of nitrogens with one attached hydrogen (secondary N) is 1. The van der Waals surface area contributed by atoms with Gasteiger partial charge in [-0.15, -0.1) is 0 Å². The first-order valence-electron chi connectivity index (χ1n) is 8.43. The summed E-state index contributed by atoms with van der Waals surface area (Å²) in [5.74, 6) is -0.764. The number of carbonyl (C=O) groups is 1. The third kappa shape index (κ3) is 4.87. The van der Waals surface area contributed by atoms with E-state index in [4.69, 9.17) is 0 Å². The SMILES string of the molecule is O=C(Cn1nc(-c2cccc([N+](=O)[O-])c2)ccc1=O)Nc1cccc(C(F)(F)F)c1. The number of halogens is 3. The van der Waals surface area contributed by atoms with Crippen molar-refractivity contribution in [2.24, 2.45) is 0 Å². The third-order valence-corrected chi connectivity index (χ3v) is 3.99. The zero-order chi connectivity index (χ0) is 21.9. The zero-order valence-corrected chi connectivity index (χ0v) is 15.1. The van der Waals surface area contributed by atoms with Gasteiger partial charge < -0.3 is 5.32 Å². The Morgan fingerprint density at radius 2 is 1.83 bits per heavy atom. The highest BCUT2D eigenvalue weighted by atomic mass is 19.4. The molecule has 8 nitrogen and oxygen atoms in total. The number of nitro groups is 1. The maximum absolute atomic E-state index is 12.8. The number of alkyl halides is 3. The summed E-state index contributed by atoms with van der Waals surface area (Å²) in [6.45, 7) is -0.558. The van der Waals surface area contributed by atoms with Gasteiger partial charge in [0, 0.05) is 29.4 Å². The lowest BCUT2D eigenvalue weighted by molar-refractivity contribution is -0.384. The molecular formula is C19H13F3N4O4. The molecule has 3 aromatic rings. The maximum Gasteiger partial charge on any atom is 0.416 e. The molecule has 3 rings (SSSR count). The van der Waals surface area contributed by atoms with Gasteiger partial charge in [0.2, 0.25) is 5.91 Å².